The Kier molecular flexibility index (Phi) is 4.55. The predicted octanol–water partition coefficient (Wildman–Crippen LogP) is 3.23. The van der Waals surface area contributed by atoms with Gasteiger partial charge in [0.25, 0.3) is 0 Å². The van der Waals surface area contributed by atoms with Gasteiger partial charge in [-0.05, 0) is 48.4 Å². The third kappa shape index (κ3) is 3.77. The monoisotopic (exact) mass is 236 g/mol. The molecule has 0 spiro atoms. The number of carboxylic acid groups (broad SMARTS) is 1. The summed E-state index contributed by atoms with van der Waals surface area (Å²) in [6, 6.07) is 3.77. The lowest BCUT2D eigenvalue weighted by molar-refractivity contribution is -0.137. The molecular weight excluding hydrogens is 216 g/mol. The third-order valence-electron chi connectivity index (χ3n) is 2.93. The highest BCUT2D eigenvalue weighted by Crippen LogP contribution is 2.28. The van der Waals surface area contributed by atoms with E-state index in [-0.39, 0.29) is 12.2 Å². The van der Waals surface area contributed by atoms with Crippen LogP contribution >= 0.6 is 0 Å². The predicted molar refractivity (Wildman–Crippen MR) is 67.5 cm³/mol. The molecule has 1 aromatic carbocycles. The molecule has 17 heavy (non-hydrogen) atoms. The molecule has 0 amide bonds. The molecule has 0 bridgehead atoms. The standard InChI is InChI=1S/C14H20O3/c1-9(2)12-8-11(5-4-6-14(16)17)13(15)7-10(12)3/h7-9,15H,4-6H2,1-3H3,(H,16,17). The molecular formula is C14H20O3. The van der Waals surface area contributed by atoms with Gasteiger partial charge in [-0.3, -0.25) is 4.79 Å². The largest absolute Gasteiger partial charge is 0.508 e. The van der Waals surface area contributed by atoms with Crippen molar-refractivity contribution >= 4 is 5.97 Å². The van der Waals surface area contributed by atoms with Gasteiger partial charge in [0.15, 0.2) is 0 Å². The summed E-state index contributed by atoms with van der Waals surface area (Å²) in [7, 11) is 0. The molecule has 0 aliphatic rings. The molecule has 0 unspecified atom stereocenters. The number of carbonyl (C=O) groups is 1. The second kappa shape index (κ2) is 5.71. The molecule has 0 aliphatic heterocycles. The lowest BCUT2D eigenvalue weighted by Crippen LogP contribution is -1.99. The number of aliphatic carboxylic acids is 1. The minimum atomic E-state index is -0.791. The second-order valence-corrected chi connectivity index (χ2v) is 4.74. The van der Waals surface area contributed by atoms with Crippen LogP contribution in [0, 0.1) is 6.92 Å². The quantitative estimate of drug-likeness (QED) is 0.825. The Morgan fingerprint density at radius 3 is 2.53 bits per heavy atom. The zero-order valence-electron chi connectivity index (χ0n) is 10.7. The van der Waals surface area contributed by atoms with E-state index >= 15 is 0 Å². The molecule has 3 heteroatoms. The summed E-state index contributed by atoms with van der Waals surface area (Å²) >= 11 is 0. The second-order valence-electron chi connectivity index (χ2n) is 4.74. The molecule has 3 nitrogen and oxygen atoms in total. The zero-order valence-corrected chi connectivity index (χ0v) is 10.7. The first-order valence-electron chi connectivity index (χ1n) is 5.96. The smallest absolute Gasteiger partial charge is 0.303 e. The molecule has 0 heterocycles. The summed E-state index contributed by atoms with van der Waals surface area (Å²) in [5, 5.41) is 18.4. The van der Waals surface area contributed by atoms with Crippen LogP contribution in [0.15, 0.2) is 12.1 Å². The van der Waals surface area contributed by atoms with Crippen molar-refractivity contribution in [2.75, 3.05) is 0 Å². The van der Waals surface area contributed by atoms with Crippen molar-refractivity contribution in [2.45, 2.75) is 46.0 Å². The topological polar surface area (TPSA) is 57.5 Å². The number of hydrogen-bond acceptors (Lipinski definition) is 2. The molecule has 94 valence electrons. The summed E-state index contributed by atoms with van der Waals surface area (Å²) in [5.74, 6) is -0.105. The molecule has 0 aromatic heterocycles. The summed E-state index contributed by atoms with van der Waals surface area (Å²) in [6.07, 6.45) is 1.31. The average Bonchev–Trinajstić information content (AvgIpc) is 2.20. The highest BCUT2D eigenvalue weighted by atomic mass is 16.4. The van der Waals surface area contributed by atoms with Gasteiger partial charge in [-0.2, -0.15) is 0 Å². The van der Waals surface area contributed by atoms with Crippen LogP contribution in [-0.4, -0.2) is 16.2 Å². The molecule has 0 atom stereocenters. The summed E-state index contributed by atoms with van der Waals surface area (Å²) in [4.78, 5) is 10.4. The maximum absolute atomic E-state index is 10.4. The van der Waals surface area contributed by atoms with Crippen LogP contribution in [0.1, 0.15) is 49.3 Å². The lowest BCUT2D eigenvalue weighted by Gasteiger charge is -2.13. The highest BCUT2D eigenvalue weighted by molar-refractivity contribution is 5.66. The van der Waals surface area contributed by atoms with E-state index in [1.807, 2.05) is 13.0 Å². The number of aromatic hydroxyl groups is 1. The molecule has 0 fully saturated rings. The third-order valence-corrected chi connectivity index (χ3v) is 2.93. The van der Waals surface area contributed by atoms with Crippen LogP contribution in [-0.2, 0) is 11.2 Å². The minimum Gasteiger partial charge on any atom is -0.508 e. The summed E-state index contributed by atoms with van der Waals surface area (Å²) < 4.78 is 0. The maximum atomic E-state index is 10.4. The number of hydrogen-bond donors (Lipinski definition) is 2. The molecule has 0 radical (unpaired) electrons. The molecule has 2 N–H and O–H groups in total. The van der Waals surface area contributed by atoms with Crippen molar-refractivity contribution in [1.29, 1.82) is 0 Å². The van der Waals surface area contributed by atoms with Gasteiger partial charge in [0.05, 0.1) is 0 Å². The Bertz CT molecular complexity index is 408. The molecule has 1 aromatic rings. The van der Waals surface area contributed by atoms with E-state index < -0.39 is 5.97 Å². The Balaban J connectivity index is 2.84. The Hall–Kier alpha value is -1.51. The summed E-state index contributed by atoms with van der Waals surface area (Å²) in [5.41, 5.74) is 3.15. The van der Waals surface area contributed by atoms with E-state index in [2.05, 4.69) is 13.8 Å². The van der Waals surface area contributed by atoms with Gasteiger partial charge in [0.2, 0.25) is 0 Å². The average molecular weight is 236 g/mol. The van der Waals surface area contributed by atoms with Gasteiger partial charge in [-0.1, -0.05) is 19.9 Å². The van der Waals surface area contributed by atoms with Crippen LogP contribution < -0.4 is 0 Å². The van der Waals surface area contributed by atoms with Crippen LogP contribution in [0.25, 0.3) is 0 Å². The van der Waals surface area contributed by atoms with E-state index in [9.17, 15) is 9.90 Å². The Labute approximate surface area is 102 Å². The first-order valence-corrected chi connectivity index (χ1v) is 5.96. The number of phenolic OH excluding ortho intramolecular Hbond substituents is 1. The van der Waals surface area contributed by atoms with E-state index in [1.165, 1.54) is 5.56 Å². The first-order chi connectivity index (χ1) is 7.91. The van der Waals surface area contributed by atoms with Gasteiger partial charge >= 0.3 is 5.97 Å². The number of carboxylic acids is 1. The van der Waals surface area contributed by atoms with Gasteiger partial charge in [0, 0.05) is 6.42 Å². The SMILES string of the molecule is Cc1cc(O)c(CCCC(=O)O)cc1C(C)C. The number of benzene rings is 1. The fourth-order valence-corrected chi connectivity index (χ4v) is 2.01. The zero-order chi connectivity index (χ0) is 13.0. The Morgan fingerprint density at radius 2 is 2.00 bits per heavy atom. The van der Waals surface area contributed by atoms with Crippen LogP contribution in [0.2, 0.25) is 0 Å². The van der Waals surface area contributed by atoms with Crippen molar-refractivity contribution in [1.82, 2.24) is 0 Å². The molecule has 1 rings (SSSR count). The van der Waals surface area contributed by atoms with Gasteiger partial charge in [-0.25, -0.2) is 0 Å². The van der Waals surface area contributed by atoms with Crippen LogP contribution in [0.5, 0.6) is 5.75 Å². The number of aryl methyl sites for hydroxylation is 2. The number of phenols is 1. The van der Waals surface area contributed by atoms with Gasteiger partial charge in [0.1, 0.15) is 5.75 Å². The van der Waals surface area contributed by atoms with E-state index in [0.717, 1.165) is 11.1 Å². The minimum absolute atomic E-state index is 0.143. The van der Waals surface area contributed by atoms with Crippen LogP contribution in [0.4, 0.5) is 0 Å². The van der Waals surface area contributed by atoms with Gasteiger partial charge < -0.3 is 10.2 Å². The Morgan fingerprint density at radius 1 is 1.35 bits per heavy atom. The van der Waals surface area contributed by atoms with Crippen LogP contribution in [0.3, 0.4) is 0 Å². The van der Waals surface area contributed by atoms with E-state index in [0.29, 0.717) is 18.8 Å². The fraction of sp³-hybridized carbons (Fsp3) is 0.500. The first kappa shape index (κ1) is 13.6. The van der Waals surface area contributed by atoms with Crippen molar-refractivity contribution < 1.29 is 15.0 Å². The van der Waals surface area contributed by atoms with Gasteiger partial charge in [-0.15, -0.1) is 0 Å². The normalized spacial score (nSPS) is 10.8. The lowest BCUT2D eigenvalue weighted by atomic mass is 9.93. The van der Waals surface area contributed by atoms with E-state index in [4.69, 9.17) is 5.11 Å². The van der Waals surface area contributed by atoms with Crippen molar-refractivity contribution in [3.8, 4) is 5.75 Å². The van der Waals surface area contributed by atoms with Crippen molar-refractivity contribution in [3.05, 3.63) is 28.8 Å². The summed E-state index contributed by atoms with van der Waals surface area (Å²) in [6.45, 7) is 6.21. The molecule has 0 saturated heterocycles. The highest BCUT2D eigenvalue weighted by Gasteiger charge is 2.09. The number of rotatable bonds is 5. The molecule has 0 saturated carbocycles. The fourth-order valence-electron chi connectivity index (χ4n) is 2.01. The van der Waals surface area contributed by atoms with Crippen molar-refractivity contribution in [2.24, 2.45) is 0 Å². The maximum Gasteiger partial charge on any atom is 0.303 e. The van der Waals surface area contributed by atoms with E-state index in [1.54, 1.807) is 6.07 Å². The molecule has 0 aliphatic carbocycles. The van der Waals surface area contributed by atoms with Crippen molar-refractivity contribution in [3.63, 3.8) is 0 Å².